The number of carboxylic acid groups (broad SMARTS) is 1. The molecule has 0 aliphatic heterocycles. The minimum atomic E-state index is -1.13. The predicted molar refractivity (Wildman–Crippen MR) is 54.8 cm³/mol. The first-order valence-corrected chi connectivity index (χ1v) is 5.05. The number of hydrogen-bond donors (Lipinski definition) is 0. The Balaban J connectivity index is 0.00000225. The van der Waals surface area contributed by atoms with Crippen molar-refractivity contribution in [1.29, 1.82) is 0 Å². The van der Waals surface area contributed by atoms with Crippen molar-refractivity contribution in [3.63, 3.8) is 0 Å². The van der Waals surface area contributed by atoms with Crippen LogP contribution in [0.5, 0.6) is 0 Å². The van der Waals surface area contributed by atoms with Crippen molar-refractivity contribution in [3.8, 4) is 0 Å². The summed E-state index contributed by atoms with van der Waals surface area (Å²) >= 11 is 0. The zero-order valence-electron chi connectivity index (χ0n) is 9.86. The van der Waals surface area contributed by atoms with Crippen LogP contribution in [0, 0.1) is 11.8 Å². The largest absolute Gasteiger partial charge is 1.00 e. The molecular formula is C12H15NaO3. The Kier molecular flexibility index (Phi) is 6.88. The quantitative estimate of drug-likeness (QED) is 0.409. The third-order valence-electron chi connectivity index (χ3n) is 2.62. The van der Waals surface area contributed by atoms with E-state index < -0.39 is 17.8 Å². The van der Waals surface area contributed by atoms with Gasteiger partial charge in [-0.3, -0.25) is 4.79 Å². The third-order valence-corrected chi connectivity index (χ3v) is 2.62. The molecule has 0 saturated carbocycles. The van der Waals surface area contributed by atoms with Crippen molar-refractivity contribution in [2.75, 3.05) is 0 Å². The minimum Gasteiger partial charge on any atom is -0.550 e. The summed E-state index contributed by atoms with van der Waals surface area (Å²) in [4.78, 5) is 22.6. The van der Waals surface area contributed by atoms with Crippen molar-refractivity contribution in [1.82, 2.24) is 0 Å². The molecule has 0 N–H and O–H groups in total. The molecule has 4 heteroatoms. The van der Waals surface area contributed by atoms with E-state index in [0.717, 1.165) is 5.57 Å². The average Bonchev–Trinajstić information content (AvgIpc) is 2.16. The predicted octanol–water partition coefficient (Wildman–Crippen LogP) is -2.14. The zero-order chi connectivity index (χ0) is 11.4. The first-order valence-electron chi connectivity index (χ1n) is 5.05. The molecule has 82 valence electrons. The SMILES string of the molecule is C=C(C)CC(=O)[C@@H]1CC=CC[C@@H]1C(=O)[O-].[Na+]. The average molecular weight is 230 g/mol. The summed E-state index contributed by atoms with van der Waals surface area (Å²) in [7, 11) is 0. The molecule has 1 rings (SSSR count). The Morgan fingerprint density at radius 2 is 1.81 bits per heavy atom. The zero-order valence-corrected chi connectivity index (χ0v) is 11.9. The Hall–Kier alpha value is -0.380. The number of aliphatic carboxylic acids is 1. The Morgan fingerprint density at radius 1 is 1.31 bits per heavy atom. The summed E-state index contributed by atoms with van der Waals surface area (Å²) in [6.07, 6.45) is 4.83. The normalized spacial score (nSPS) is 23.3. The molecule has 0 radical (unpaired) electrons. The molecule has 0 saturated heterocycles. The van der Waals surface area contributed by atoms with E-state index in [4.69, 9.17) is 0 Å². The fourth-order valence-corrected chi connectivity index (χ4v) is 1.86. The standard InChI is InChI=1S/C12H16O3.Na/c1-8(2)7-11(13)9-5-3-4-6-10(9)12(14)15;/h3-4,9-10H,1,5-7H2,2H3,(H,14,15);/q;+1/p-1/t9-,10+;/m1./s1. The van der Waals surface area contributed by atoms with Crippen LogP contribution in [0.1, 0.15) is 26.2 Å². The maximum absolute atomic E-state index is 11.7. The summed E-state index contributed by atoms with van der Waals surface area (Å²) in [5.74, 6) is -2.26. The van der Waals surface area contributed by atoms with Gasteiger partial charge in [-0.25, -0.2) is 0 Å². The van der Waals surface area contributed by atoms with Gasteiger partial charge in [-0.1, -0.05) is 24.3 Å². The number of Topliss-reactive ketones (excluding diaryl/α,β-unsaturated/α-hetero) is 1. The van der Waals surface area contributed by atoms with Crippen LogP contribution in [-0.4, -0.2) is 11.8 Å². The number of ketones is 1. The Morgan fingerprint density at radius 3 is 2.25 bits per heavy atom. The minimum absolute atomic E-state index is 0. The van der Waals surface area contributed by atoms with E-state index in [1.807, 2.05) is 6.08 Å². The van der Waals surface area contributed by atoms with Gasteiger partial charge in [-0.05, 0) is 19.8 Å². The molecule has 0 fully saturated rings. The number of rotatable bonds is 4. The van der Waals surface area contributed by atoms with Crippen LogP contribution in [0.4, 0.5) is 0 Å². The molecule has 0 aromatic heterocycles. The summed E-state index contributed by atoms with van der Waals surface area (Å²) in [6, 6.07) is 0. The maximum atomic E-state index is 11.7. The number of carbonyl (C=O) groups is 2. The molecule has 0 spiro atoms. The van der Waals surface area contributed by atoms with Crippen LogP contribution >= 0.6 is 0 Å². The van der Waals surface area contributed by atoms with Gasteiger partial charge >= 0.3 is 29.6 Å². The molecule has 2 atom stereocenters. The Labute approximate surface area is 118 Å². The summed E-state index contributed by atoms with van der Waals surface area (Å²) in [5.41, 5.74) is 0.770. The maximum Gasteiger partial charge on any atom is 1.00 e. The fraction of sp³-hybridized carbons (Fsp3) is 0.500. The van der Waals surface area contributed by atoms with Gasteiger partial charge < -0.3 is 9.90 Å². The van der Waals surface area contributed by atoms with E-state index in [0.29, 0.717) is 12.8 Å². The molecule has 0 aromatic rings. The van der Waals surface area contributed by atoms with Crippen LogP contribution in [0.15, 0.2) is 24.3 Å². The second-order valence-corrected chi connectivity index (χ2v) is 4.08. The van der Waals surface area contributed by atoms with Gasteiger partial charge in [0.2, 0.25) is 0 Å². The summed E-state index contributed by atoms with van der Waals surface area (Å²) in [6.45, 7) is 5.43. The van der Waals surface area contributed by atoms with E-state index in [1.54, 1.807) is 13.0 Å². The smallest absolute Gasteiger partial charge is 0.550 e. The van der Waals surface area contributed by atoms with E-state index >= 15 is 0 Å². The molecule has 0 heterocycles. The topological polar surface area (TPSA) is 57.2 Å². The van der Waals surface area contributed by atoms with E-state index in [1.165, 1.54) is 0 Å². The van der Waals surface area contributed by atoms with Crippen LogP contribution in [0.3, 0.4) is 0 Å². The second-order valence-electron chi connectivity index (χ2n) is 4.08. The first kappa shape index (κ1) is 15.6. The second kappa shape index (κ2) is 7.05. The monoisotopic (exact) mass is 230 g/mol. The molecule has 1 aliphatic rings. The van der Waals surface area contributed by atoms with Gasteiger partial charge in [0.25, 0.3) is 0 Å². The molecule has 3 nitrogen and oxygen atoms in total. The van der Waals surface area contributed by atoms with Gasteiger partial charge in [0.15, 0.2) is 0 Å². The van der Waals surface area contributed by atoms with Gasteiger partial charge in [0.05, 0.1) is 0 Å². The fourth-order valence-electron chi connectivity index (χ4n) is 1.86. The molecule has 0 unspecified atom stereocenters. The molecule has 0 aromatic carbocycles. The molecule has 1 aliphatic carbocycles. The number of carboxylic acids is 1. The number of hydrogen-bond acceptors (Lipinski definition) is 3. The third kappa shape index (κ3) is 4.24. The van der Waals surface area contributed by atoms with Crippen molar-refractivity contribution in [2.45, 2.75) is 26.2 Å². The van der Waals surface area contributed by atoms with Gasteiger partial charge in [-0.15, -0.1) is 0 Å². The van der Waals surface area contributed by atoms with Gasteiger partial charge in [-0.2, -0.15) is 0 Å². The Bertz CT molecular complexity index is 320. The van der Waals surface area contributed by atoms with Crippen molar-refractivity contribution in [3.05, 3.63) is 24.3 Å². The van der Waals surface area contributed by atoms with Crippen LogP contribution < -0.4 is 34.7 Å². The number of carbonyl (C=O) groups excluding carboxylic acids is 2. The summed E-state index contributed by atoms with van der Waals surface area (Å²) in [5, 5.41) is 10.8. The van der Waals surface area contributed by atoms with E-state index in [-0.39, 0.29) is 41.8 Å². The van der Waals surface area contributed by atoms with E-state index in [9.17, 15) is 14.7 Å². The molecule has 0 amide bonds. The van der Waals surface area contributed by atoms with Crippen molar-refractivity contribution >= 4 is 11.8 Å². The number of allylic oxidation sites excluding steroid dienone is 3. The molecular weight excluding hydrogens is 215 g/mol. The molecule has 0 bridgehead atoms. The van der Waals surface area contributed by atoms with Crippen LogP contribution in [-0.2, 0) is 9.59 Å². The van der Waals surface area contributed by atoms with Crippen molar-refractivity contribution in [2.24, 2.45) is 11.8 Å². The van der Waals surface area contributed by atoms with Crippen LogP contribution in [0.2, 0.25) is 0 Å². The van der Waals surface area contributed by atoms with Crippen LogP contribution in [0.25, 0.3) is 0 Å². The summed E-state index contributed by atoms with van der Waals surface area (Å²) < 4.78 is 0. The van der Waals surface area contributed by atoms with Gasteiger partial charge in [0.1, 0.15) is 5.78 Å². The van der Waals surface area contributed by atoms with E-state index in [2.05, 4.69) is 6.58 Å². The molecule has 16 heavy (non-hydrogen) atoms. The first-order chi connectivity index (χ1) is 7.02. The van der Waals surface area contributed by atoms with Crippen molar-refractivity contribution < 1.29 is 44.3 Å². The van der Waals surface area contributed by atoms with Gasteiger partial charge in [0, 0.05) is 24.2 Å².